The van der Waals surface area contributed by atoms with Gasteiger partial charge in [-0.1, -0.05) is 44.4 Å². The summed E-state index contributed by atoms with van der Waals surface area (Å²) in [7, 11) is 1.65. The maximum Gasteiger partial charge on any atom is 0.135 e. The molecular formula is C30H33F2N3O. The third-order valence-corrected chi connectivity index (χ3v) is 6.93. The molecule has 0 radical (unpaired) electrons. The first-order chi connectivity index (χ1) is 17.4. The van der Waals surface area contributed by atoms with E-state index < -0.39 is 11.6 Å². The molecular weight excluding hydrogens is 456 g/mol. The summed E-state index contributed by atoms with van der Waals surface area (Å²) in [6.45, 7) is 13.7. The van der Waals surface area contributed by atoms with Crippen molar-refractivity contribution in [2.24, 2.45) is 5.92 Å². The van der Waals surface area contributed by atoms with Crippen LogP contribution in [-0.4, -0.2) is 28.3 Å². The Hall–Kier alpha value is -3.67. The second-order valence-electron chi connectivity index (χ2n) is 9.13. The minimum Gasteiger partial charge on any atom is -0.497 e. The van der Waals surface area contributed by atoms with E-state index in [0.717, 1.165) is 53.1 Å². The molecule has 188 valence electrons. The molecule has 1 fully saturated rings. The predicted molar refractivity (Wildman–Crippen MR) is 141 cm³/mol. The van der Waals surface area contributed by atoms with Crippen LogP contribution >= 0.6 is 0 Å². The van der Waals surface area contributed by atoms with E-state index in [0.29, 0.717) is 18.8 Å². The summed E-state index contributed by atoms with van der Waals surface area (Å²) in [5.41, 5.74) is 5.19. The molecule has 0 bridgehead atoms. The van der Waals surface area contributed by atoms with Gasteiger partial charge >= 0.3 is 0 Å². The Balaban J connectivity index is 1.83. The molecule has 1 aliphatic heterocycles. The maximum atomic E-state index is 14.8. The van der Waals surface area contributed by atoms with E-state index in [1.54, 1.807) is 7.11 Å². The van der Waals surface area contributed by atoms with Crippen molar-refractivity contribution in [1.82, 2.24) is 14.7 Å². The van der Waals surface area contributed by atoms with Crippen LogP contribution in [0.15, 0.2) is 73.6 Å². The first-order valence-corrected chi connectivity index (χ1v) is 12.3. The van der Waals surface area contributed by atoms with E-state index in [2.05, 4.69) is 25.2 Å². The van der Waals surface area contributed by atoms with Crippen molar-refractivity contribution in [1.29, 1.82) is 0 Å². The summed E-state index contributed by atoms with van der Waals surface area (Å²) in [5.74, 6) is -0.230. The maximum absolute atomic E-state index is 14.8. The van der Waals surface area contributed by atoms with Crippen molar-refractivity contribution in [3.8, 4) is 5.75 Å². The third-order valence-electron chi connectivity index (χ3n) is 6.93. The molecule has 1 unspecified atom stereocenters. The van der Waals surface area contributed by atoms with Gasteiger partial charge in [0, 0.05) is 23.5 Å². The molecule has 36 heavy (non-hydrogen) atoms. The molecule has 0 spiro atoms. The normalized spacial score (nSPS) is 17.1. The number of halogens is 2. The molecule has 2 aromatic carbocycles. The molecule has 0 N–H and O–H groups in total. The van der Waals surface area contributed by atoms with Gasteiger partial charge in [0.2, 0.25) is 0 Å². The Morgan fingerprint density at radius 1 is 1.17 bits per heavy atom. The molecule has 4 rings (SSSR count). The van der Waals surface area contributed by atoms with Crippen LogP contribution in [0.2, 0.25) is 0 Å². The van der Waals surface area contributed by atoms with Crippen molar-refractivity contribution in [2.75, 3.05) is 13.7 Å². The van der Waals surface area contributed by atoms with Crippen LogP contribution < -0.4 is 4.74 Å². The van der Waals surface area contributed by atoms with E-state index in [-0.39, 0.29) is 11.5 Å². The highest BCUT2D eigenvalue weighted by Crippen LogP contribution is 2.41. The number of likely N-dealkylation sites (tertiary alicyclic amines) is 1. The number of hydrogen-bond donors (Lipinski definition) is 0. The van der Waals surface area contributed by atoms with Crippen LogP contribution in [0.5, 0.6) is 5.75 Å². The largest absolute Gasteiger partial charge is 0.497 e. The molecule has 6 heteroatoms. The fraction of sp³-hybridized carbons (Fsp3) is 0.300. The smallest absolute Gasteiger partial charge is 0.135 e. The number of ether oxygens (including phenoxy) is 1. The monoisotopic (exact) mass is 489 g/mol. The van der Waals surface area contributed by atoms with Gasteiger partial charge in [0.1, 0.15) is 17.4 Å². The Morgan fingerprint density at radius 2 is 1.86 bits per heavy atom. The van der Waals surface area contributed by atoms with E-state index >= 15 is 0 Å². The number of nitrogens with zero attached hydrogens (tertiary/aromatic N) is 3. The average Bonchev–Trinajstić information content (AvgIpc) is 3.24. The number of aromatic nitrogens is 2. The Bertz CT molecular complexity index is 1270. The van der Waals surface area contributed by atoms with Gasteiger partial charge in [0.15, 0.2) is 0 Å². The molecule has 0 amide bonds. The van der Waals surface area contributed by atoms with Crippen molar-refractivity contribution in [2.45, 2.75) is 39.7 Å². The lowest BCUT2D eigenvalue weighted by Crippen LogP contribution is -2.33. The fourth-order valence-electron chi connectivity index (χ4n) is 5.10. The van der Waals surface area contributed by atoms with Gasteiger partial charge in [-0.05, 0) is 67.5 Å². The number of piperidine rings is 1. The molecule has 0 aliphatic carbocycles. The van der Waals surface area contributed by atoms with Gasteiger partial charge in [0.05, 0.1) is 31.1 Å². The Labute approximate surface area is 212 Å². The first-order valence-electron chi connectivity index (χ1n) is 12.3. The van der Waals surface area contributed by atoms with Crippen LogP contribution in [0, 0.1) is 24.5 Å². The molecule has 1 aliphatic rings. The zero-order valence-corrected chi connectivity index (χ0v) is 21.2. The van der Waals surface area contributed by atoms with Gasteiger partial charge in [-0.25, -0.2) is 8.78 Å². The number of aryl methyl sites for hydroxylation is 1. The lowest BCUT2D eigenvalue weighted by atomic mass is 9.86. The van der Waals surface area contributed by atoms with Crippen LogP contribution in [-0.2, 0) is 6.54 Å². The number of benzene rings is 2. The van der Waals surface area contributed by atoms with Crippen molar-refractivity contribution in [3.63, 3.8) is 0 Å². The summed E-state index contributed by atoms with van der Waals surface area (Å²) in [6, 6.07) is 11.8. The minimum absolute atomic E-state index is 0.0846. The minimum atomic E-state index is -0.612. The number of methoxy groups -OCH3 is 1. The highest BCUT2D eigenvalue weighted by Gasteiger charge is 2.31. The van der Waals surface area contributed by atoms with Gasteiger partial charge < -0.3 is 9.64 Å². The molecule has 0 saturated carbocycles. The number of allylic oxidation sites excluding steroid dienone is 3. The summed E-state index contributed by atoms with van der Waals surface area (Å²) in [6.07, 6.45) is 6.48. The van der Waals surface area contributed by atoms with Crippen LogP contribution in [0.4, 0.5) is 8.78 Å². The molecule has 1 aromatic heterocycles. The Kier molecular flexibility index (Phi) is 7.73. The van der Waals surface area contributed by atoms with E-state index in [1.807, 2.05) is 53.0 Å². The Morgan fingerprint density at radius 3 is 2.47 bits per heavy atom. The molecule has 1 atom stereocenters. The topological polar surface area (TPSA) is 30.3 Å². The fourth-order valence-corrected chi connectivity index (χ4v) is 5.10. The molecule has 1 saturated heterocycles. The van der Waals surface area contributed by atoms with Crippen molar-refractivity contribution in [3.05, 3.63) is 108 Å². The summed E-state index contributed by atoms with van der Waals surface area (Å²) >= 11 is 0. The predicted octanol–water partition coefficient (Wildman–Crippen LogP) is 7.22. The highest BCUT2D eigenvalue weighted by atomic mass is 19.1. The van der Waals surface area contributed by atoms with Gasteiger partial charge in [-0.2, -0.15) is 5.10 Å². The lowest BCUT2D eigenvalue weighted by molar-refractivity contribution is 0.314. The lowest BCUT2D eigenvalue weighted by Gasteiger charge is -2.40. The standard InChI is InChI=1S/C30H33F2N3O/c1-6-23-10-9-17-34(21(4)28-26(31)11-8-12-27(28)32)30(23)25(7-2)29-20(3)18-33-35(29)19-22-13-15-24(36-5)16-14-22/h7-8,11-16,18,23H,2,4,6,9-10,17,19H2,1,3,5H3/b30-25-. The molecule has 3 aromatic rings. The van der Waals surface area contributed by atoms with E-state index in [4.69, 9.17) is 4.74 Å². The second kappa shape index (κ2) is 10.9. The molecule has 4 nitrogen and oxygen atoms in total. The SMILES string of the molecule is C=C/C(=C1\C(CC)CCCN1C(=C)c1c(F)cccc1F)c1c(C)cnn1Cc1ccc(OC)cc1. The van der Waals surface area contributed by atoms with E-state index in [9.17, 15) is 8.78 Å². The first kappa shape index (κ1) is 25.4. The van der Waals surface area contributed by atoms with Crippen molar-refractivity contribution >= 4 is 11.3 Å². The highest BCUT2D eigenvalue weighted by molar-refractivity contribution is 5.79. The van der Waals surface area contributed by atoms with Crippen LogP contribution in [0.3, 0.4) is 0 Å². The second-order valence-corrected chi connectivity index (χ2v) is 9.13. The third kappa shape index (κ3) is 4.85. The average molecular weight is 490 g/mol. The van der Waals surface area contributed by atoms with Crippen LogP contribution in [0.1, 0.15) is 48.6 Å². The quantitative estimate of drug-likeness (QED) is 0.335. The van der Waals surface area contributed by atoms with Crippen molar-refractivity contribution < 1.29 is 13.5 Å². The summed E-state index contributed by atoms with van der Waals surface area (Å²) < 4.78 is 36.8. The summed E-state index contributed by atoms with van der Waals surface area (Å²) in [5, 5.41) is 4.67. The zero-order chi connectivity index (χ0) is 25.8. The molecule has 2 heterocycles. The number of rotatable bonds is 8. The zero-order valence-electron chi connectivity index (χ0n) is 21.2. The van der Waals surface area contributed by atoms with E-state index in [1.165, 1.54) is 18.2 Å². The number of hydrogen-bond acceptors (Lipinski definition) is 3. The van der Waals surface area contributed by atoms with Gasteiger partial charge in [-0.3, -0.25) is 4.68 Å². The van der Waals surface area contributed by atoms with Crippen LogP contribution in [0.25, 0.3) is 11.3 Å². The summed E-state index contributed by atoms with van der Waals surface area (Å²) in [4.78, 5) is 1.99. The van der Waals surface area contributed by atoms with Gasteiger partial charge in [-0.15, -0.1) is 0 Å². The van der Waals surface area contributed by atoms with Gasteiger partial charge in [0.25, 0.3) is 0 Å².